The molecule has 3 aromatic rings. The predicted molar refractivity (Wildman–Crippen MR) is 84.7 cm³/mol. The molecule has 0 fully saturated rings. The Bertz CT molecular complexity index is 810. The van der Waals surface area contributed by atoms with Crippen LogP contribution in [0.2, 0.25) is 0 Å². The fourth-order valence-corrected chi connectivity index (χ4v) is 3.40. The van der Waals surface area contributed by atoms with E-state index in [9.17, 15) is 0 Å². The molecule has 0 N–H and O–H groups in total. The molecule has 0 saturated heterocycles. The lowest BCUT2D eigenvalue weighted by molar-refractivity contribution is 0.357. The highest BCUT2D eigenvalue weighted by Gasteiger charge is 2.14. The molecule has 4 heteroatoms. The van der Waals surface area contributed by atoms with Gasteiger partial charge in [-0.1, -0.05) is 0 Å². The molecule has 0 aliphatic carbocycles. The molecular weight excluding hydrogens is 280 g/mol. The van der Waals surface area contributed by atoms with E-state index in [0.717, 1.165) is 40.6 Å². The molecule has 0 unspecified atom stereocenters. The van der Waals surface area contributed by atoms with E-state index in [4.69, 9.17) is 9.72 Å². The number of thiazole rings is 1. The molecule has 104 valence electrons. The van der Waals surface area contributed by atoms with Crippen molar-refractivity contribution in [1.82, 2.24) is 9.97 Å². The van der Waals surface area contributed by atoms with Crippen LogP contribution >= 0.6 is 11.3 Å². The first-order valence-corrected chi connectivity index (χ1v) is 7.82. The number of hydrogen-bond donors (Lipinski definition) is 0. The Morgan fingerprint density at radius 1 is 1.24 bits per heavy atom. The third-order valence-electron chi connectivity index (χ3n) is 3.76. The Hall–Kier alpha value is -2.20. The molecule has 0 radical (unpaired) electrons. The van der Waals surface area contributed by atoms with Gasteiger partial charge < -0.3 is 4.74 Å². The van der Waals surface area contributed by atoms with Crippen LogP contribution in [-0.2, 0) is 6.42 Å². The van der Waals surface area contributed by atoms with Gasteiger partial charge in [0.1, 0.15) is 10.8 Å². The zero-order chi connectivity index (χ0) is 14.2. The lowest BCUT2D eigenvalue weighted by Crippen LogP contribution is -1.85. The summed E-state index contributed by atoms with van der Waals surface area (Å²) in [4.78, 5) is 8.97. The largest absolute Gasteiger partial charge is 0.493 e. The molecule has 1 aliphatic rings. The van der Waals surface area contributed by atoms with Crippen LogP contribution < -0.4 is 4.74 Å². The standard InChI is InChI=1S/C17H14N2OS/c1-11-4-6-18-9-14(11)15-10-21-17(19-15)13-2-3-16-12(8-13)5-7-20-16/h2-4,6,8-10H,5,7H2,1H3. The zero-order valence-electron chi connectivity index (χ0n) is 11.7. The van der Waals surface area contributed by atoms with E-state index in [1.165, 1.54) is 11.1 Å². The van der Waals surface area contributed by atoms with E-state index in [1.807, 2.05) is 24.5 Å². The quantitative estimate of drug-likeness (QED) is 0.713. The van der Waals surface area contributed by atoms with E-state index in [-0.39, 0.29) is 0 Å². The van der Waals surface area contributed by atoms with Crippen LogP contribution in [0.4, 0.5) is 0 Å². The van der Waals surface area contributed by atoms with Crippen LogP contribution in [0.5, 0.6) is 5.75 Å². The maximum Gasteiger partial charge on any atom is 0.124 e. The maximum absolute atomic E-state index is 5.55. The van der Waals surface area contributed by atoms with Crippen molar-refractivity contribution in [2.45, 2.75) is 13.3 Å². The summed E-state index contributed by atoms with van der Waals surface area (Å²) in [5.41, 5.74) is 5.74. The summed E-state index contributed by atoms with van der Waals surface area (Å²) in [6.07, 6.45) is 4.68. The van der Waals surface area contributed by atoms with E-state index in [0.29, 0.717) is 0 Å². The third kappa shape index (κ3) is 2.21. The van der Waals surface area contributed by atoms with Gasteiger partial charge >= 0.3 is 0 Å². The smallest absolute Gasteiger partial charge is 0.124 e. The van der Waals surface area contributed by atoms with Crippen LogP contribution in [0.1, 0.15) is 11.1 Å². The Balaban J connectivity index is 1.73. The van der Waals surface area contributed by atoms with Crippen molar-refractivity contribution >= 4 is 11.3 Å². The second-order valence-corrected chi connectivity index (χ2v) is 6.01. The van der Waals surface area contributed by atoms with Crippen molar-refractivity contribution in [2.24, 2.45) is 0 Å². The highest BCUT2D eigenvalue weighted by Crippen LogP contribution is 2.34. The molecule has 3 heterocycles. The number of pyridine rings is 1. The Morgan fingerprint density at radius 2 is 2.19 bits per heavy atom. The van der Waals surface area contributed by atoms with Gasteiger partial charge in [-0.2, -0.15) is 0 Å². The number of fused-ring (bicyclic) bond motifs is 1. The second-order valence-electron chi connectivity index (χ2n) is 5.15. The van der Waals surface area contributed by atoms with Crippen LogP contribution in [0.3, 0.4) is 0 Å². The number of rotatable bonds is 2. The minimum absolute atomic E-state index is 0.788. The number of nitrogens with zero attached hydrogens (tertiary/aromatic N) is 2. The van der Waals surface area contributed by atoms with Gasteiger partial charge in [-0.05, 0) is 42.3 Å². The first kappa shape index (κ1) is 12.5. The SMILES string of the molecule is Cc1ccncc1-c1csc(-c2ccc3c(c2)CCO3)n1. The first-order valence-electron chi connectivity index (χ1n) is 6.94. The Labute approximate surface area is 127 Å². The molecule has 0 amide bonds. The Kier molecular flexibility index (Phi) is 2.97. The molecule has 3 nitrogen and oxygen atoms in total. The van der Waals surface area contributed by atoms with Gasteiger partial charge in [-0.15, -0.1) is 11.3 Å². The summed E-state index contributed by atoms with van der Waals surface area (Å²) >= 11 is 1.67. The van der Waals surface area contributed by atoms with Crippen molar-refractivity contribution in [1.29, 1.82) is 0 Å². The number of aromatic nitrogens is 2. The molecule has 2 aromatic heterocycles. The minimum atomic E-state index is 0.788. The van der Waals surface area contributed by atoms with Gasteiger partial charge in [0.05, 0.1) is 12.3 Å². The van der Waals surface area contributed by atoms with E-state index in [2.05, 4.69) is 29.4 Å². The van der Waals surface area contributed by atoms with Gasteiger partial charge in [0.15, 0.2) is 0 Å². The topological polar surface area (TPSA) is 35.0 Å². The first-order chi connectivity index (χ1) is 10.3. The molecule has 4 rings (SSSR count). The van der Waals surface area contributed by atoms with Crippen LogP contribution in [0.15, 0.2) is 42.0 Å². The fourth-order valence-electron chi connectivity index (χ4n) is 2.58. The molecule has 0 saturated carbocycles. The maximum atomic E-state index is 5.55. The van der Waals surface area contributed by atoms with Gasteiger partial charge in [0.25, 0.3) is 0 Å². The van der Waals surface area contributed by atoms with Crippen LogP contribution in [0.25, 0.3) is 21.8 Å². The van der Waals surface area contributed by atoms with Crippen molar-refractivity contribution in [3.05, 3.63) is 53.2 Å². The summed E-state index contributed by atoms with van der Waals surface area (Å²) in [6, 6.07) is 8.35. The summed E-state index contributed by atoms with van der Waals surface area (Å²) in [5.74, 6) is 1.01. The van der Waals surface area contributed by atoms with Gasteiger partial charge in [0, 0.05) is 35.3 Å². The number of ether oxygens (including phenoxy) is 1. The monoisotopic (exact) mass is 294 g/mol. The molecule has 0 atom stereocenters. The number of benzene rings is 1. The molecule has 0 bridgehead atoms. The van der Waals surface area contributed by atoms with Crippen molar-refractivity contribution in [3.8, 4) is 27.6 Å². The molecule has 1 aromatic carbocycles. The zero-order valence-corrected chi connectivity index (χ0v) is 12.5. The predicted octanol–water partition coefficient (Wildman–Crippen LogP) is 4.12. The highest BCUT2D eigenvalue weighted by molar-refractivity contribution is 7.13. The van der Waals surface area contributed by atoms with Crippen molar-refractivity contribution in [2.75, 3.05) is 6.61 Å². The fraction of sp³-hybridized carbons (Fsp3) is 0.176. The molecule has 0 spiro atoms. The van der Waals surface area contributed by atoms with E-state index in [1.54, 1.807) is 11.3 Å². The molecular formula is C17H14N2OS. The normalized spacial score (nSPS) is 13.0. The van der Waals surface area contributed by atoms with E-state index < -0.39 is 0 Å². The number of aryl methyl sites for hydroxylation is 1. The number of hydrogen-bond acceptors (Lipinski definition) is 4. The summed E-state index contributed by atoms with van der Waals surface area (Å²) in [7, 11) is 0. The minimum Gasteiger partial charge on any atom is -0.493 e. The van der Waals surface area contributed by atoms with Crippen LogP contribution in [0, 0.1) is 6.92 Å². The third-order valence-corrected chi connectivity index (χ3v) is 4.65. The lowest BCUT2D eigenvalue weighted by atomic mass is 10.1. The van der Waals surface area contributed by atoms with Crippen LogP contribution in [-0.4, -0.2) is 16.6 Å². The lowest BCUT2D eigenvalue weighted by Gasteiger charge is -2.02. The average molecular weight is 294 g/mol. The Morgan fingerprint density at radius 3 is 3.10 bits per heavy atom. The highest BCUT2D eigenvalue weighted by atomic mass is 32.1. The summed E-state index contributed by atoms with van der Waals surface area (Å²) < 4.78 is 5.55. The second kappa shape index (κ2) is 4.97. The average Bonchev–Trinajstić information content (AvgIpc) is 3.16. The van der Waals surface area contributed by atoms with Gasteiger partial charge in [-0.3, -0.25) is 4.98 Å². The summed E-state index contributed by atoms with van der Waals surface area (Å²) in [5, 5.41) is 3.14. The van der Waals surface area contributed by atoms with Gasteiger partial charge in [0.2, 0.25) is 0 Å². The molecule has 1 aliphatic heterocycles. The van der Waals surface area contributed by atoms with Crippen molar-refractivity contribution in [3.63, 3.8) is 0 Å². The van der Waals surface area contributed by atoms with E-state index >= 15 is 0 Å². The van der Waals surface area contributed by atoms with Gasteiger partial charge in [-0.25, -0.2) is 4.98 Å². The van der Waals surface area contributed by atoms with Crippen molar-refractivity contribution < 1.29 is 4.74 Å². The molecule has 21 heavy (non-hydrogen) atoms. The summed E-state index contributed by atoms with van der Waals surface area (Å²) in [6.45, 7) is 2.87.